The zero-order chi connectivity index (χ0) is 18.7. The third kappa shape index (κ3) is 3.52. The van der Waals surface area contributed by atoms with E-state index in [2.05, 4.69) is 15.2 Å². The third-order valence-electron chi connectivity index (χ3n) is 3.29. The second-order valence-corrected chi connectivity index (χ2v) is 5.97. The van der Waals surface area contributed by atoms with Crippen LogP contribution in [0.1, 0.15) is 0 Å². The second kappa shape index (κ2) is 7.03. The highest BCUT2D eigenvalue weighted by Gasteiger charge is 2.20. The number of aromatic nitrogens is 1. The molecule has 1 aromatic heterocycles. The van der Waals surface area contributed by atoms with E-state index in [-0.39, 0.29) is 10.8 Å². The van der Waals surface area contributed by atoms with Gasteiger partial charge in [0, 0.05) is 11.6 Å². The molecule has 0 radical (unpaired) electrons. The van der Waals surface area contributed by atoms with E-state index in [1.165, 1.54) is 6.07 Å². The van der Waals surface area contributed by atoms with Crippen LogP contribution in [-0.2, 0) is 0 Å². The van der Waals surface area contributed by atoms with Crippen molar-refractivity contribution in [1.29, 1.82) is 0 Å². The largest absolute Gasteiger partial charge is 0.375 e. The van der Waals surface area contributed by atoms with Crippen molar-refractivity contribution in [3.63, 3.8) is 0 Å². The molecule has 2 N–H and O–H groups in total. The lowest BCUT2D eigenvalue weighted by atomic mass is 10.2. The van der Waals surface area contributed by atoms with Crippen LogP contribution in [0.2, 0.25) is 0 Å². The highest BCUT2D eigenvalue weighted by Crippen LogP contribution is 2.39. The van der Waals surface area contributed by atoms with Gasteiger partial charge in [-0.3, -0.25) is 20.2 Å². The summed E-state index contributed by atoms with van der Waals surface area (Å²) < 4.78 is 0. The molecule has 0 unspecified atom stereocenters. The molecule has 0 bridgehead atoms. The van der Waals surface area contributed by atoms with Gasteiger partial charge in [0.25, 0.3) is 5.69 Å². The van der Waals surface area contributed by atoms with E-state index in [0.29, 0.717) is 10.7 Å². The fraction of sp³-hybridized carbons (Fsp3) is 0. The van der Waals surface area contributed by atoms with E-state index < -0.39 is 21.2 Å². The van der Waals surface area contributed by atoms with Crippen LogP contribution in [-0.4, -0.2) is 14.8 Å². The van der Waals surface area contributed by atoms with Crippen molar-refractivity contribution in [2.75, 3.05) is 5.73 Å². The predicted molar refractivity (Wildman–Crippen MR) is 95.9 cm³/mol. The lowest BCUT2D eigenvalue weighted by Gasteiger charge is -1.98. The number of rotatable bonds is 5. The summed E-state index contributed by atoms with van der Waals surface area (Å²) in [7, 11) is 0. The molecule has 0 fully saturated rings. The number of azo groups is 1. The summed E-state index contributed by atoms with van der Waals surface area (Å²) in [5, 5.41) is 30.5. The number of nitro benzene ring substituents is 2. The maximum atomic E-state index is 11.2. The van der Waals surface area contributed by atoms with Gasteiger partial charge in [-0.15, -0.1) is 10.2 Å². The molecule has 130 valence electrons. The molecule has 0 aliphatic carbocycles. The first-order valence-corrected chi connectivity index (χ1v) is 7.93. The Hall–Kier alpha value is -3.73. The Morgan fingerprint density at radius 2 is 1.73 bits per heavy atom. The molecule has 26 heavy (non-hydrogen) atoms. The number of anilines is 1. The average Bonchev–Trinajstić information content (AvgIpc) is 3.01. The highest BCUT2D eigenvalue weighted by molar-refractivity contribution is 7.19. The van der Waals surface area contributed by atoms with Crippen molar-refractivity contribution in [3.05, 3.63) is 68.8 Å². The smallest absolute Gasteiger partial charge is 0.303 e. The van der Waals surface area contributed by atoms with E-state index in [9.17, 15) is 20.2 Å². The van der Waals surface area contributed by atoms with Gasteiger partial charge in [0.15, 0.2) is 15.8 Å². The van der Waals surface area contributed by atoms with Crippen molar-refractivity contribution < 1.29 is 9.85 Å². The summed E-state index contributed by atoms with van der Waals surface area (Å²) in [5.74, 6) is 0. The lowest BCUT2D eigenvalue weighted by molar-refractivity contribution is -0.393. The summed E-state index contributed by atoms with van der Waals surface area (Å²) in [5.41, 5.74) is 5.99. The topological polar surface area (TPSA) is 150 Å². The molecule has 0 aliphatic heterocycles. The van der Waals surface area contributed by atoms with Crippen LogP contribution in [0.25, 0.3) is 11.3 Å². The van der Waals surface area contributed by atoms with Crippen molar-refractivity contribution in [3.8, 4) is 11.3 Å². The van der Waals surface area contributed by atoms with Gasteiger partial charge in [-0.05, 0) is 6.07 Å². The fourth-order valence-corrected chi connectivity index (χ4v) is 2.81. The SMILES string of the molecule is Nc1nc(-c2ccccc2)c(N=Nc2ccc([N+](=O)[O-])cc2[N+](=O)[O-])s1. The summed E-state index contributed by atoms with van der Waals surface area (Å²) >= 11 is 1.08. The minimum atomic E-state index is -0.750. The number of nitrogen functional groups attached to an aromatic ring is 1. The summed E-state index contributed by atoms with van der Waals surface area (Å²) in [6, 6.07) is 12.3. The lowest BCUT2D eigenvalue weighted by Crippen LogP contribution is -1.92. The minimum Gasteiger partial charge on any atom is -0.375 e. The number of nitrogens with zero attached hydrogens (tertiary/aromatic N) is 5. The molecule has 1 heterocycles. The van der Waals surface area contributed by atoms with E-state index in [1.54, 1.807) is 0 Å². The second-order valence-electron chi connectivity index (χ2n) is 4.96. The Morgan fingerprint density at radius 1 is 1.00 bits per heavy atom. The van der Waals surface area contributed by atoms with Crippen LogP contribution in [0.5, 0.6) is 0 Å². The molecule has 0 atom stereocenters. The van der Waals surface area contributed by atoms with Gasteiger partial charge in [0.2, 0.25) is 0 Å². The minimum absolute atomic E-state index is 0.105. The zero-order valence-electron chi connectivity index (χ0n) is 13.0. The molecule has 3 aromatic rings. The van der Waals surface area contributed by atoms with Crippen molar-refractivity contribution >= 4 is 38.5 Å². The van der Waals surface area contributed by atoms with Crippen LogP contribution in [0.15, 0.2) is 58.8 Å². The van der Waals surface area contributed by atoms with Gasteiger partial charge in [0.1, 0.15) is 5.69 Å². The van der Waals surface area contributed by atoms with E-state index >= 15 is 0 Å². The average molecular weight is 370 g/mol. The number of thiazole rings is 1. The maximum Gasteiger partial charge on any atom is 0.303 e. The molecule has 0 aliphatic rings. The Balaban J connectivity index is 2.01. The Morgan fingerprint density at radius 3 is 2.38 bits per heavy atom. The third-order valence-corrected chi connectivity index (χ3v) is 4.06. The monoisotopic (exact) mass is 370 g/mol. The molecule has 2 aromatic carbocycles. The quantitative estimate of drug-likeness (QED) is 0.393. The van der Waals surface area contributed by atoms with Crippen LogP contribution in [0.4, 0.5) is 27.2 Å². The Kier molecular flexibility index (Phi) is 4.62. The number of non-ortho nitro benzene ring substituents is 1. The molecule has 0 spiro atoms. The Labute approximate surface area is 149 Å². The molecule has 0 amide bonds. The van der Waals surface area contributed by atoms with Crippen LogP contribution in [0.3, 0.4) is 0 Å². The van der Waals surface area contributed by atoms with Crippen molar-refractivity contribution in [2.24, 2.45) is 10.2 Å². The van der Waals surface area contributed by atoms with Gasteiger partial charge in [-0.25, -0.2) is 4.98 Å². The molecule has 0 saturated carbocycles. The first-order chi connectivity index (χ1) is 12.5. The standard InChI is InChI=1S/C15H10N6O4S/c16-15-17-13(9-4-2-1-3-5-9)14(26-15)19-18-11-7-6-10(20(22)23)8-12(11)21(24)25/h1-8H,(H2,16,17). The van der Waals surface area contributed by atoms with Crippen molar-refractivity contribution in [2.45, 2.75) is 0 Å². The molecule has 3 rings (SSSR count). The number of nitrogens with two attached hydrogens (primary N) is 1. The van der Waals surface area contributed by atoms with Gasteiger partial charge in [0.05, 0.1) is 15.9 Å². The van der Waals surface area contributed by atoms with E-state index in [4.69, 9.17) is 5.73 Å². The first-order valence-electron chi connectivity index (χ1n) is 7.12. The number of nitro groups is 2. The van der Waals surface area contributed by atoms with Gasteiger partial charge in [-0.1, -0.05) is 41.7 Å². The predicted octanol–water partition coefficient (Wildman–Crippen LogP) is 4.62. The van der Waals surface area contributed by atoms with Gasteiger partial charge >= 0.3 is 5.69 Å². The van der Waals surface area contributed by atoms with Gasteiger partial charge in [-0.2, -0.15) is 0 Å². The summed E-state index contributed by atoms with van der Waals surface area (Å²) in [6.07, 6.45) is 0. The zero-order valence-corrected chi connectivity index (χ0v) is 13.8. The normalized spacial score (nSPS) is 10.9. The summed E-state index contributed by atoms with van der Waals surface area (Å²) in [6.45, 7) is 0. The molecular formula is C15H10N6O4S. The highest BCUT2D eigenvalue weighted by atomic mass is 32.1. The summed E-state index contributed by atoms with van der Waals surface area (Å²) in [4.78, 5) is 24.7. The molecule has 0 saturated heterocycles. The number of hydrogen-bond acceptors (Lipinski definition) is 9. The van der Waals surface area contributed by atoms with Crippen LogP contribution < -0.4 is 5.73 Å². The number of hydrogen-bond donors (Lipinski definition) is 1. The molecular weight excluding hydrogens is 360 g/mol. The number of benzene rings is 2. The molecule has 11 heteroatoms. The maximum absolute atomic E-state index is 11.2. The van der Waals surface area contributed by atoms with E-state index in [0.717, 1.165) is 29.0 Å². The fourth-order valence-electron chi connectivity index (χ4n) is 2.14. The molecule has 10 nitrogen and oxygen atoms in total. The van der Waals surface area contributed by atoms with Crippen LogP contribution >= 0.6 is 11.3 Å². The Bertz CT molecular complexity index is 1020. The van der Waals surface area contributed by atoms with Gasteiger partial charge < -0.3 is 5.73 Å². The van der Waals surface area contributed by atoms with E-state index in [1.807, 2.05) is 30.3 Å². The first kappa shape index (κ1) is 17.1. The van der Waals surface area contributed by atoms with Crippen LogP contribution in [0, 0.1) is 20.2 Å². The van der Waals surface area contributed by atoms with Crippen molar-refractivity contribution in [1.82, 2.24) is 4.98 Å².